The molecule has 16 heavy (non-hydrogen) atoms. The molecule has 0 aliphatic heterocycles. The first-order valence-electron chi connectivity index (χ1n) is 6.14. The number of aryl methyl sites for hydroxylation is 2. The molecule has 2 heteroatoms. The Kier molecular flexibility index (Phi) is 6.86. The van der Waals surface area contributed by atoms with Crippen molar-refractivity contribution in [2.45, 2.75) is 26.2 Å². The van der Waals surface area contributed by atoms with Gasteiger partial charge in [-0.25, -0.2) is 0 Å². The highest BCUT2D eigenvalue weighted by Crippen LogP contribution is 2.06. The van der Waals surface area contributed by atoms with Crippen LogP contribution < -0.4 is 5.32 Å². The Morgan fingerprint density at radius 1 is 1.06 bits per heavy atom. The number of hydrogen-bond acceptors (Lipinski definition) is 2. The van der Waals surface area contributed by atoms with Crippen LogP contribution in [0.5, 0.6) is 0 Å². The molecule has 0 fully saturated rings. The predicted octanol–water partition coefficient (Wildman–Crippen LogP) is 2.42. The minimum atomic E-state index is 0.797. The second kappa shape index (κ2) is 8.31. The third kappa shape index (κ3) is 5.29. The van der Waals surface area contributed by atoms with Gasteiger partial charge in [-0.1, -0.05) is 31.2 Å². The molecular formula is C14H23NO. The Bertz CT molecular complexity index is 269. The first-order valence-corrected chi connectivity index (χ1v) is 6.14. The maximum Gasteiger partial charge on any atom is 0.0587 e. The van der Waals surface area contributed by atoms with Crippen molar-refractivity contribution in [1.29, 1.82) is 0 Å². The van der Waals surface area contributed by atoms with E-state index in [2.05, 4.69) is 36.5 Å². The smallest absolute Gasteiger partial charge is 0.0587 e. The Morgan fingerprint density at radius 2 is 1.75 bits per heavy atom. The van der Waals surface area contributed by atoms with Crippen LogP contribution in [-0.2, 0) is 17.6 Å². The van der Waals surface area contributed by atoms with Crippen LogP contribution in [0, 0.1) is 0 Å². The average Bonchev–Trinajstić information content (AvgIpc) is 2.34. The van der Waals surface area contributed by atoms with Crippen molar-refractivity contribution in [1.82, 2.24) is 5.32 Å². The fourth-order valence-electron chi connectivity index (χ4n) is 1.66. The maximum atomic E-state index is 4.97. The quantitative estimate of drug-likeness (QED) is 0.681. The van der Waals surface area contributed by atoms with E-state index in [1.54, 1.807) is 7.11 Å². The highest BCUT2D eigenvalue weighted by atomic mass is 16.5. The monoisotopic (exact) mass is 221 g/mol. The van der Waals surface area contributed by atoms with Crippen LogP contribution in [0.4, 0.5) is 0 Å². The molecule has 1 N–H and O–H groups in total. The van der Waals surface area contributed by atoms with Crippen LogP contribution in [0.3, 0.4) is 0 Å². The van der Waals surface area contributed by atoms with Gasteiger partial charge < -0.3 is 10.1 Å². The van der Waals surface area contributed by atoms with Gasteiger partial charge in [0.25, 0.3) is 0 Å². The average molecular weight is 221 g/mol. The zero-order valence-corrected chi connectivity index (χ0v) is 10.5. The molecule has 0 saturated heterocycles. The summed E-state index contributed by atoms with van der Waals surface area (Å²) in [5.74, 6) is 0. The molecule has 90 valence electrons. The molecule has 0 amide bonds. The molecule has 0 spiro atoms. The van der Waals surface area contributed by atoms with Gasteiger partial charge in [-0.3, -0.25) is 0 Å². The maximum absolute atomic E-state index is 4.97. The largest absolute Gasteiger partial charge is 0.383 e. The molecule has 0 bridgehead atoms. The highest BCUT2D eigenvalue weighted by Gasteiger charge is 1.94. The summed E-state index contributed by atoms with van der Waals surface area (Å²) in [6.45, 7) is 5.00. The molecule has 0 saturated carbocycles. The van der Waals surface area contributed by atoms with Crippen LogP contribution >= 0.6 is 0 Å². The van der Waals surface area contributed by atoms with Gasteiger partial charge in [0.15, 0.2) is 0 Å². The van der Waals surface area contributed by atoms with Crippen LogP contribution in [-0.4, -0.2) is 26.8 Å². The summed E-state index contributed by atoms with van der Waals surface area (Å²) in [4.78, 5) is 0. The van der Waals surface area contributed by atoms with Gasteiger partial charge in [0.1, 0.15) is 0 Å². The number of benzene rings is 1. The lowest BCUT2D eigenvalue weighted by Gasteiger charge is -2.05. The Hall–Kier alpha value is -0.860. The van der Waals surface area contributed by atoms with Crippen LogP contribution in [0.2, 0.25) is 0 Å². The van der Waals surface area contributed by atoms with Crippen LogP contribution in [0.15, 0.2) is 24.3 Å². The predicted molar refractivity (Wildman–Crippen MR) is 68.9 cm³/mol. The number of methoxy groups -OCH3 is 1. The van der Waals surface area contributed by atoms with E-state index in [-0.39, 0.29) is 0 Å². The van der Waals surface area contributed by atoms with Gasteiger partial charge in [-0.2, -0.15) is 0 Å². The number of rotatable bonds is 8. The van der Waals surface area contributed by atoms with E-state index >= 15 is 0 Å². The summed E-state index contributed by atoms with van der Waals surface area (Å²) in [6, 6.07) is 8.95. The first-order chi connectivity index (χ1) is 7.86. The lowest BCUT2D eigenvalue weighted by molar-refractivity contribution is 0.199. The molecule has 1 aromatic carbocycles. The lowest BCUT2D eigenvalue weighted by atomic mass is 10.1. The standard InChI is InChI=1S/C14H23NO/c1-3-13-6-8-14(9-7-13)5-4-10-15-11-12-16-2/h6-9,15H,3-5,10-12H2,1-2H3. The van der Waals surface area contributed by atoms with E-state index in [1.165, 1.54) is 17.5 Å². The molecule has 0 radical (unpaired) electrons. The number of hydrogen-bond donors (Lipinski definition) is 1. The highest BCUT2D eigenvalue weighted by molar-refractivity contribution is 5.22. The Morgan fingerprint density at radius 3 is 2.38 bits per heavy atom. The topological polar surface area (TPSA) is 21.3 Å². The Balaban J connectivity index is 2.12. The van der Waals surface area contributed by atoms with E-state index in [0.29, 0.717) is 0 Å². The van der Waals surface area contributed by atoms with E-state index < -0.39 is 0 Å². The van der Waals surface area contributed by atoms with Gasteiger partial charge in [-0.15, -0.1) is 0 Å². The summed E-state index contributed by atoms with van der Waals surface area (Å²) in [5, 5.41) is 3.35. The molecule has 1 rings (SSSR count). The van der Waals surface area contributed by atoms with Crippen molar-refractivity contribution in [2.24, 2.45) is 0 Å². The summed E-state index contributed by atoms with van der Waals surface area (Å²) >= 11 is 0. The number of nitrogens with one attached hydrogen (secondary N) is 1. The van der Waals surface area contributed by atoms with Crippen molar-refractivity contribution >= 4 is 0 Å². The van der Waals surface area contributed by atoms with Gasteiger partial charge in [0.2, 0.25) is 0 Å². The van der Waals surface area contributed by atoms with Crippen molar-refractivity contribution < 1.29 is 4.74 Å². The van der Waals surface area contributed by atoms with Gasteiger partial charge >= 0.3 is 0 Å². The van der Waals surface area contributed by atoms with E-state index in [9.17, 15) is 0 Å². The van der Waals surface area contributed by atoms with E-state index in [1.807, 2.05) is 0 Å². The molecule has 0 unspecified atom stereocenters. The third-order valence-corrected chi connectivity index (χ3v) is 2.73. The fraction of sp³-hybridized carbons (Fsp3) is 0.571. The van der Waals surface area contributed by atoms with Crippen LogP contribution in [0.25, 0.3) is 0 Å². The zero-order chi connectivity index (χ0) is 11.6. The van der Waals surface area contributed by atoms with Crippen molar-refractivity contribution in [3.63, 3.8) is 0 Å². The molecule has 0 aliphatic carbocycles. The minimum Gasteiger partial charge on any atom is -0.383 e. The SMILES string of the molecule is CCc1ccc(CCCNCCOC)cc1. The van der Waals surface area contributed by atoms with Crippen molar-refractivity contribution in [2.75, 3.05) is 26.8 Å². The van der Waals surface area contributed by atoms with Crippen LogP contribution in [0.1, 0.15) is 24.5 Å². The van der Waals surface area contributed by atoms with Gasteiger partial charge in [0, 0.05) is 13.7 Å². The summed E-state index contributed by atoms with van der Waals surface area (Å²) in [6.07, 6.45) is 3.47. The van der Waals surface area contributed by atoms with Gasteiger partial charge in [0.05, 0.1) is 6.61 Å². The Labute approximate surface area is 99.0 Å². The molecular weight excluding hydrogens is 198 g/mol. The second-order valence-corrected chi connectivity index (χ2v) is 4.02. The molecule has 2 nitrogen and oxygen atoms in total. The third-order valence-electron chi connectivity index (χ3n) is 2.73. The molecule has 0 aliphatic rings. The lowest BCUT2D eigenvalue weighted by Crippen LogP contribution is -2.20. The molecule has 0 heterocycles. The second-order valence-electron chi connectivity index (χ2n) is 4.02. The van der Waals surface area contributed by atoms with E-state index in [0.717, 1.165) is 32.5 Å². The first kappa shape index (κ1) is 13.2. The fourth-order valence-corrected chi connectivity index (χ4v) is 1.66. The molecule has 1 aromatic rings. The molecule has 0 aromatic heterocycles. The van der Waals surface area contributed by atoms with Crippen molar-refractivity contribution in [3.05, 3.63) is 35.4 Å². The number of ether oxygens (including phenoxy) is 1. The summed E-state index contributed by atoms with van der Waals surface area (Å²) in [5.41, 5.74) is 2.85. The van der Waals surface area contributed by atoms with Crippen molar-refractivity contribution in [3.8, 4) is 0 Å². The normalized spacial score (nSPS) is 10.6. The van der Waals surface area contributed by atoms with Gasteiger partial charge in [-0.05, 0) is 36.9 Å². The van der Waals surface area contributed by atoms with E-state index in [4.69, 9.17) is 4.74 Å². The summed E-state index contributed by atoms with van der Waals surface area (Å²) in [7, 11) is 1.73. The summed E-state index contributed by atoms with van der Waals surface area (Å²) < 4.78 is 4.97. The zero-order valence-electron chi connectivity index (χ0n) is 10.5. The molecule has 0 atom stereocenters. The minimum absolute atomic E-state index is 0.797.